The van der Waals surface area contributed by atoms with E-state index in [9.17, 15) is 9.13 Å². The van der Waals surface area contributed by atoms with Crippen molar-refractivity contribution in [3.8, 4) is 0 Å². The molecule has 0 heterocycles. The molecule has 0 aromatic heterocycles. The standard InChI is InChI=1S/C4H13NO5P2/c1-5(2)9-12(4,8)10-11(3,6)7/h1-4H3,(H,6,7). The molecule has 0 fully saturated rings. The average molecular weight is 217 g/mol. The Morgan fingerprint density at radius 1 is 1.25 bits per heavy atom. The lowest BCUT2D eigenvalue weighted by Gasteiger charge is -2.18. The zero-order chi connectivity index (χ0) is 9.99. The zero-order valence-corrected chi connectivity index (χ0v) is 9.21. The van der Waals surface area contributed by atoms with Crippen molar-refractivity contribution in [2.75, 3.05) is 27.4 Å². The molecule has 0 radical (unpaired) electrons. The molecule has 0 aliphatic heterocycles. The van der Waals surface area contributed by atoms with E-state index in [1.54, 1.807) is 0 Å². The summed E-state index contributed by atoms with van der Waals surface area (Å²) in [6, 6.07) is 0. The van der Waals surface area contributed by atoms with Gasteiger partial charge >= 0.3 is 15.2 Å². The van der Waals surface area contributed by atoms with E-state index in [1.165, 1.54) is 14.1 Å². The lowest BCUT2D eigenvalue weighted by atomic mass is 11.2. The molecule has 12 heavy (non-hydrogen) atoms. The first-order valence-corrected chi connectivity index (χ1v) is 7.10. The Morgan fingerprint density at radius 2 is 1.67 bits per heavy atom. The molecule has 6 nitrogen and oxygen atoms in total. The van der Waals surface area contributed by atoms with Gasteiger partial charge in [-0.15, -0.1) is 0 Å². The van der Waals surface area contributed by atoms with Crippen LogP contribution < -0.4 is 0 Å². The fourth-order valence-corrected chi connectivity index (χ4v) is 3.50. The highest BCUT2D eigenvalue weighted by atomic mass is 31.3. The van der Waals surface area contributed by atoms with Gasteiger partial charge in [-0.25, -0.2) is 8.94 Å². The molecule has 2 atom stereocenters. The summed E-state index contributed by atoms with van der Waals surface area (Å²) < 4.78 is 30.9. The molecule has 0 saturated carbocycles. The quantitative estimate of drug-likeness (QED) is 0.562. The molecule has 0 aliphatic rings. The van der Waals surface area contributed by atoms with Crippen LogP contribution in [0.25, 0.3) is 0 Å². The highest BCUT2D eigenvalue weighted by Gasteiger charge is 2.27. The van der Waals surface area contributed by atoms with Gasteiger partial charge in [0.15, 0.2) is 0 Å². The number of hydrogen-bond donors (Lipinski definition) is 1. The summed E-state index contributed by atoms with van der Waals surface area (Å²) in [6.07, 6.45) is 0. The zero-order valence-electron chi connectivity index (χ0n) is 7.42. The third kappa shape index (κ3) is 6.98. The van der Waals surface area contributed by atoms with Crippen LogP contribution in [0.15, 0.2) is 0 Å². The van der Waals surface area contributed by atoms with E-state index in [0.717, 1.165) is 18.4 Å². The molecule has 0 aliphatic carbocycles. The predicted octanol–water partition coefficient (Wildman–Crippen LogP) is 1.13. The van der Waals surface area contributed by atoms with E-state index in [1.807, 2.05) is 0 Å². The van der Waals surface area contributed by atoms with Crippen LogP contribution in [0.5, 0.6) is 0 Å². The lowest BCUT2D eigenvalue weighted by Crippen LogP contribution is -2.10. The molecule has 2 unspecified atom stereocenters. The fourth-order valence-electron chi connectivity index (χ4n) is 0.587. The van der Waals surface area contributed by atoms with Crippen molar-refractivity contribution in [3.63, 3.8) is 0 Å². The van der Waals surface area contributed by atoms with E-state index in [-0.39, 0.29) is 0 Å². The van der Waals surface area contributed by atoms with Crippen LogP contribution in [-0.2, 0) is 18.1 Å². The topological polar surface area (TPSA) is 76.1 Å². The van der Waals surface area contributed by atoms with Gasteiger partial charge in [-0.2, -0.15) is 5.06 Å². The molecule has 0 saturated heterocycles. The molecule has 0 aromatic rings. The van der Waals surface area contributed by atoms with Crippen LogP contribution in [0.4, 0.5) is 0 Å². The van der Waals surface area contributed by atoms with E-state index >= 15 is 0 Å². The predicted molar refractivity (Wildman–Crippen MR) is 45.1 cm³/mol. The Hall–Kier alpha value is 0.300. The maximum Gasteiger partial charge on any atom is 0.351 e. The number of nitrogens with zero attached hydrogens (tertiary/aromatic N) is 1. The maximum atomic E-state index is 11.2. The molecular weight excluding hydrogens is 204 g/mol. The Bertz CT molecular complexity index is 234. The van der Waals surface area contributed by atoms with E-state index in [4.69, 9.17) is 4.89 Å². The maximum absolute atomic E-state index is 11.2. The first kappa shape index (κ1) is 12.3. The highest BCUT2D eigenvalue weighted by Crippen LogP contribution is 2.58. The van der Waals surface area contributed by atoms with Crippen LogP contribution in [0.1, 0.15) is 0 Å². The lowest BCUT2D eigenvalue weighted by molar-refractivity contribution is -0.0115. The van der Waals surface area contributed by atoms with Crippen molar-refractivity contribution in [2.45, 2.75) is 0 Å². The van der Waals surface area contributed by atoms with Gasteiger partial charge in [-0.05, 0) is 0 Å². The summed E-state index contributed by atoms with van der Waals surface area (Å²) in [5, 5.41) is 1.15. The molecular formula is C4H13NO5P2. The van der Waals surface area contributed by atoms with Gasteiger partial charge in [0.1, 0.15) is 0 Å². The van der Waals surface area contributed by atoms with Crippen molar-refractivity contribution in [2.24, 2.45) is 0 Å². The Balaban J connectivity index is 4.25. The van der Waals surface area contributed by atoms with Gasteiger partial charge in [-0.3, -0.25) is 9.13 Å². The second-order valence-corrected chi connectivity index (χ2v) is 6.52. The summed E-state index contributed by atoms with van der Waals surface area (Å²) in [7, 11) is -4.22. The molecule has 0 rings (SSSR count). The van der Waals surface area contributed by atoms with Gasteiger partial charge in [0, 0.05) is 27.4 Å². The van der Waals surface area contributed by atoms with Gasteiger partial charge in [0.2, 0.25) is 0 Å². The monoisotopic (exact) mass is 217 g/mol. The Labute approximate surface area is 71.5 Å². The molecule has 0 bridgehead atoms. The normalized spacial score (nSPS) is 21.8. The second kappa shape index (κ2) is 4.01. The fraction of sp³-hybridized carbons (Fsp3) is 1.00. The van der Waals surface area contributed by atoms with E-state index in [2.05, 4.69) is 8.94 Å². The smallest absolute Gasteiger partial charge is 0.324 e. The van der Waals surface area contributed by atoms with Gasteiger partial charge < -0.3 is 4.89 Å². The van der Waals surface area contributed by atoms with Crippen molar-refractivity contribution in [3.05, 3.63) is 0 Å². The molecule has 74 valence electrons. The van der Waals surface area contributed by atoms with Crippen molar-refractivity contribution in [1.29, 1.82) is 0 Å². The minimum absolute atomic E-state index is 0.947. The van der Waals surface area contributed by atoms with Crippen LogP contribution in [-0.4, -0.2) is 37.4 Å². The molecule has 0 spiro atoms. The molecule has 1 N–H and O–H groups in total. The summed E-state index contributed by atoms with van der Waals surface area (Å²) in [5.41, 5.74) is 0. The minimum Gasteiger partial charge on any atom is -0.324 e. The second-order valence-electron chi connectivity index (χ2n) is 2.55. The van der Waals surface area contributed by atoms with E-state index < -0.39 is 15.2 Å². The largest absolute Gasteiger partial charge is 0.351 e. The number of hydroxylamine groups is 2. The summed E-state index contributed by atoms with van der Waals surface area (Å²) >= 11 is 0. The highest BCUT2D eigenvalue weighted by molar-refractivity contribution is 7.65. The van der Waals surface area contributed by atoms with Crippen LogP contribution >= 0.6 is 15.2 Å². The van der Waals surface area contributed by atoms with Crippen LogP contribution in [0.3, 0.4) is 0 Å². The van der Waals surface area contributed by atoms with Crippen molar-refractivity contribution < 1.29 is 23.0 Å². The SMILES string of the molecule is CN(C)OP(C)(=O)OP(C)(=O)O. The Kier molecular flexibility index (Phi) is 4.11. The average Bonchev–Trinajstić information content (AvgIpc) is 1.48. The molecule has 0 aromatic carbocycles. The third-order valence-electron chi connectivity index (χ3n) is 0.611. The van der Waals surface area contributed by atoms with Crippen LogP contribution in [0.2, 0.25) is 0 Å². The third-order valence-corrected chi connectivity index (χ3v) is 3.63. The molecule has 8 heteroatoms. The summed E-state index contributed by atoms with van der Waals surface area (Å²) in [5.74, 6) is 0. The van der Waals surface area contributed by atoms with Crippen molar-refractivity contribution >= 4 is 15.2 Å². The first-order chi connectivity index (χ1) is 5.12. The van der Waals surface area contributed by atoms with Gasteiger partial charge in [0.05, 0.1) is 0 Å². The van der Waals surface area contributed by atoms with E-state index in [0.29, 0.717) is 0 Å². The van der Waals surface area contributed by atoms with Gasteiger partial charge in [-0.1, -0.05) is 0 Å². The number of rotatable bonds is 4. The van der Waals surface area contributed by atoms with Crippen LogP contribution in [0, 0.1) is 0 Å². The number of hydrogen-bond acceptors (Lipinski definition) is 5. The summed E-state index contributed by atoms with van der Waals surface area (Å²) in [6.45, 7) is 2.07. The first-order valence-electron chi connectivity index (χ1n) is 3.08. The Morgan fingerprint density at radius 3 is 1.92 bits per heavy atom. The van der Waals surface area contributed by atoms with Gasteiger partial charge in [0.25, 0.3) is 0 Å². The molecule has 0 amide bonds. The van der Waals surface area contributed by atoms with Crippen molar-refractivity contribution in [1.82, 2.24) is 5.06 Å². The minimum atomic E-state index is -3.76. The summed E-state index contributed by atoms with van der Waals surface area (Å²) in [4.78, 5) is 8.73.